The molecular formula is C20H29ClN4O2. The molecule has 2 N–H and O–H groups in total. The van der Waals surface area contributed by atoms with Crippen LogP contribution in [-0.2, 0) is 6.42 Å². The van der Waals surface area contributed by atoms with Gasteiger partial charge in [-0.15, -0.1) is 12.4 Å². The van der Waals surface area contributed by atoms with Crippen molar-refractivity contribution < 1.29 is 9.32 Å². The van der Waals surface area contributed by atoms with E-state index in [0.29, 0.717) is 23.7 Å². The van der Waals surface area contributed by atoms with Crippen LogP contribution in [0.3, 0.4) is 0 Å². The van der Waals surface area contributed by atoms with Gasteiger partial charge in [0.25, 0.3) is 11.6 Å². The first-order valence-corrected chi connectivity index (χ1v) is 9.67. The molecule has 3 heterocycles. The Labute approximate surface area is 166 Å². The lowest BCUT2D eigenvalue weighted by Gasteiger charge is -2.24. The highest BCUT2D eigenvalue weighted by atomic mass is 35.5. The van der Waals surface area contributed by atoms with Gasteiger partial charge in [0.1, 0.15) is 0 Å². The maximum atomic E-state index is 13.4. The fourth-order valence-corrected chi connectivity index (χ4v) is 3.91. The van der Waals surface area contributed by atoms with E-state index in [1.165, 1.54) is 0 Å². The number of carbonyl (C=O) groups is 1. The lowest BCUT2D eigenvalue weighted by atomic mass is 9.89. The number of rotatable bonds is 4. The minimum atomic E-state index is 0. The maximum Gasteiger partial charge on any atom is 0.259 e. The topological polar surface area (TPSA) is 85.2 Å². The van der Waals surface area contributed by atoms with Gasteiger partial charge in [-0.1, -0.05) is 25.9 Å². The van der Waals surface area contributed by atoms with Crippen LogP contribution in [0.5, 0.6) is 0 Å². The van der Waals surface area contributed by atoms with Crippen molar-refractivity contribution in [1.29, 1.82) is 0 Å². The molecule has 1 saturated heterocycles. The van der Waals surface area contributed by atoms with Gasteiger partial charge >= 0.3 is 0 Å². The van der Waals surface area contributed by atoms with E-state index in [1.807, 2.05) is 11.0 Å². The first-order chi connectivity index (χ1) is 12.4. The molecule has 0 spiro atoms. The molecule has 2 aromatic rings. The summed E-state index contributed by atoms with van der Waals surface area (Å²) in [4.78, 5) is 20.0. The summed E-state index contributed by atoms with van der Waals surface area (Å²) in [6, 6.07) is 2.11. The zero-order chi connectivity index (χ0) is 18.5. The average molecular weight is 393 g/mol. The largest absolute Gasteiger partial charge is 0.336 e. The first-order valence-electron chi connectivity index (χ1n) is 9.67. The summed E-state index contributed by atoms with van der Waals surface area (Å²) >= 11 is 0. The van der Waals surface area contributed by atoms with Crippen LogP contribution < -0.4 is 5.73 Å². The van der Waals surface area contributed by atoms with Crippen molar-refractivity contribution in [3.8, 4) is 0 Å². The van der Waals surface area contributed by atoms with Gasteiger partial charge in [-0.3, -0.25) is 4.79 Å². The fraction of sp³-hybridized carbons (Fsp3) is 0.650. The summed E-state index contributed by atoms with van der Waals surface area (Å²) in [5, 5.41) is 5.07. The maximum absolute atomic E-state index is 13.4. The molecule has 2 aromatic heterocycles. The minimum absolute atomic E-state index is 0. The predicted octanol–water partition coefficient (Wildman–Crippen LogP) is 3.67. The summed E-state index contributed by atoms with van der Waals surface area (Å²) in [7, 11) is 0. The van der Waals surface area contributed by atoms with Gasteiger partial charge in [0.15, 0.2) is 0 Å². The smallest absolute Gasteiger partial charge is 0.259 e. The summed E-state index contributed by atoms with van der Waals surface area (Å²) < 4.78 is 5.56. The predicted molar refractivity (Wildman–Crippen MR) is 107 cm³/mol. The van der Waals surface area contributed by atoms with Gasteiger partial charge in [-0.25, -0.2) is 4.98 Å². The summed E-state index contributed by atoms with van der Waals surface area (Å²) in [5.74, 6) is 0.497. The van der Waals surface area contributed by atoms with E-state index in [-0.39, 0.29) is 29.8 Å². The zero-order valence-corrected chi connectivity index (χ0v) is 17.1. The van der Waals surface area contributed by atoms with Gasteiger partial charge in [0, 0.05) is 30.7 Å². The van der Waals surface area contributed by atoms with Crippen LogP contribution in [0.4, 0.5) is 0 Å². The molecule has 148 valence electrons. The number of pyridine rings is 1. The number of amides is 1. The molecule has 1 aliphatic carbocycles. The molecule has 0 bridgehead atoms. The van der Waals surface area contributed by atoms with E-state index in [4.69, 9.17) is 10.3 Å². The molecule has 1 unspecified atom stereocenters. The lowest BCUT2D eigenvalue weighted by molar-refractivity contribution is 0.0743. The Morgan fingerprint density at radius 3 is 2.70 bits per heavy atom. The van der Waals surface area contributed by atoms with Gasteiger partial charge in [-0.2, -0.15) is 0 Å². The Morgan fingerprint density at radius 1 is 1.33 bits per heavy atom. The Morgan fingerprint density at radius 2 is 2.07 bits per heavy atom. The second-order valence-electron chi connectivity index (χ2n) is 8.95. The standard InChI is InChI=1S/C20H28N4O2.ClH/c1-20(2,3)10-16-17-14(19(25)24-8-4-5-13(24)11-21)9-15(12-6-7-12)22-18(17)26-23-16;/h9,12-13H,4-8,10-11,21H2,1-3H3;1H. The van der Waals surface area contributed by atoms with Gasteiger partial charge in [0.2, 0.25) is 0 Å². The minimum Gasteiger partial charge on any atom is -0.336 e. The molecule has 1 saturated carbocycles. The normalized spacial score (nSPS) is 20.1. The highest BCUT2D eigenvalue weighted by Gasteiger charge is 2.34. The third-order valence-electron chi connectivity index (χ3n) is 5.37. The van der Waals surface area contributed by atoms with Crippen LogP contribution in [0.25, 0.3) is 11.1 Å². The average Bonchev–Trinajstić information content (AvgIpc) is 3.20. The van der Waals surface area contributed by atoms with E-state index in [2.05, 4.69) is 30.9 Å². The molecule has 0 aromatic carbocycles. The Kier molecular flexibility index (Phi) is 5.50. The molecule has 2 aliphatic rings. The molecule has 27 heavy (non-hydrogen) atoms. The third kappa shape index (κ3) is 3.97. The van der Waals surface area contributed by atoms with Crippen molar-refractivity contribution in [1.82, 2.24) is 15.0 Å². The Bertz CT molecular complexity index is 838. The molecule has 4 rings (SSSR count). The number of hydrogen-bond donors (Lipinski definition) is 1. The zero-order valence-electron chi connectivity index (χ0n) is 16.3. The van der Waals surface area contributed by atoms with Crippen LogP contribution in [0.2, 0.25) is 0 Å². The molecule has 1 aliphatic heterocycles. The van der Waals surface area contributed by atoms with Gasteiger partial charge < -0.3 is 15.2 Å². The lowest BCUT2D eigenvalue weighted by Crippen LogP contribution is -2.40. The Hall–Kier alpha value is -1.66. The molecule has 6 nitrogen and oxygen atoms in total. The number of carbonyl (C=O) groups excluding carboxylic acids is 1. The van der Waals surface area contributed by atoms with Crippen molar-refractivity contribution in [2.45, 2.75) is 64.8 Å². The highest BCUT2D eigenvalue weighted by Crippen LogP contribution is 2.41. The first kappa shape index (κ1) is 20.1. The monoisotopic (exact) mass is 392 g/mol. The number of fused-ring (bicyclic) bond motifs is 1. The van der Waals surface area contributed by atoms with Crippen LogP contribution >= 0.6 is 12.4 Å². The summed E-state index contributed by atoms with van der Waals surface area (Å²) in [6.07, 6.45) is 4.99. The molecule has 1 atom stereocenters. The van der Waals surface area contributed by atoms with Crippen LogP contribution in [0, 0.1) is 5.41 Å². The second kappa shape index (κ2) is 7.40. The van der Waals surface area contributed by atoms with Crippen LogP contribution in [-0.4, -0.2) is 40.1 Å². The summed E-state index contributed by atoms with van der Waals surface area (Å²) in [6.45, 7) is 7.75. The SMILES string of the molecule is CC(C)(C)Cc1noc2nc(C3CC3)cc(C(=O)N3CCCC3CN)c12.Cl. The van der Waals surface area contributed by atoms with Crippen molar-refractivity contribution in [3.63, 3.8) is 0 Å². The van der Waals surface area contributed by atoms with E-state index in [9.17, 15) is 4.79 Å². The number of aromatic nitrogens is 2. The molecule has 0 radical (unpaired) electrons. The van der Waals surface area contributed by atoms with Crippen LogP contribution in [0.15, 0.2) is 10.6 Å². The highest BCUT2D eigenvalue weighted by molar-refractivity contribution is 6.06. The number of halogens is 1. The fourth-order valence-electron chi connectivity index (χ4n) is 3.91. The van der Waals surface area contributed by atoms with E-state index in [1.54, 1.807) is 0 Å². The van der Waals surface area contributed by atoms with Gasteiger partial charge in [-0.05, 0) is 43.6 Å². The molecule has 7 heteroatoms. The quantitative estimate of drug-likeness (QED) is 0.857. The molecule has 2 fully saturated rings. The number of hydrogen-bond acceptors (Lipinski definition) is 5. The Balaban J connectivity index is 0.00000210. The van der Waals surface area contributed by atoms with Gasteiger partial charge in [0.05, 0.1) is 16.6 Å². The van der Waals surface area contributed by atoms with Crippen molar-refractivity contribution in [3.05, 3.63) is 23.0 Å². The molecular weight excluding hydrogens is 364 g/mol. The van der Waals surface area contributed by atoms with Crippen LogP contribution in [0.1, 0.15) is 74.1 Å². The van der Waals surface area contributed by atoms with E-state index >= 15 is 0 Å². The summed E-state index contributed by atoms with van der Waals surface area (Å²) in [5.41, 5.74) is 8.93. The second-order valence-corrected chi connectivity index (χ2v) is 8.95. The third-order valence-corrected chi connectivity index (χ3v) is 5.37. The number of nitrogens with two attached hydrogens (primary N) is 1. The van der Waals surface area contributed by atoms with Crippen molar-refractivity contribution >= 4 is 29.4 Å². The van der Waals surface area contributed by atoms with E-state index < -0.39 is 0 Å². The number of likely N-dealkylation sites (tertiary alicyclic amines) is 1. The van der Waals surface area contributed by atoms with E-state index in [0.717, 1.165) is 55.4 Å². The number of nitrogens with zero attached hydrogens (tertiary/aromatic N) is 3. The van der Waals surface area contributed by atoms with Crippen molar-refractivity contribution in [2.75, 3.05) is 13.1 Å². The van der Waals surface area contributed by atoms with Crippen molar-refractivity contribution in [2.24, 2.45) is 11.1 Å². The molecule has 1 amide bonds.